The molecule has 0 amide bonds. The number of methoxy groups -OCH3 is 1. The number of halogens is 2. The fourth-order valence-corrected chi connectivity index (χ4v) is 2.10. The Bertz CT molecular complexity index is 766. The van der Waals surface area contributed by atoms with Gasteiger partial charge in [-0.15, -0.1) is 0 Å². The summed E-state index contributed by atoms with van der Waals surface area (Å²) in [4.78, 5) is 12.2. The van der Waals surface area contributed by atoms with Crippen molar-refractivity contribution in [3.63, 3.8) is 0 Å². The van der Waals surface area contributed by atoms with Crippen LogP contribution in [0.1, 0.15) is 15.9 Å². The van der Waals surface area contributed by atoms with Gasteiger partial charge < -0.3 is 9.47 Å². The highest BCUT2D eigenvalue weighted by Crippen LogP contribution is 2.39. The summed E-state index contributed by atoms with van der Waals surface area (Å²) in [5.41, 5.74) is 0.426. The zero-order valence-corrected chi connectivity index (χ0v) is 11.0. The predicted octanol–water partition coefficient (Wildman–Crippen LogP) is 3.59. The lowest BCUT2D eigenvalue weighted by atomic mass is 10.1. The largest absolute Gasteiger partial charge is 0.493 e. The van der Waals surface area contributed by atoms with Crippen molar-refractivity contribution < 1.29 is 23.0 Å². The first-order valence-corrected chi connectivity index (χ1v) is 6.16. The molecule has 106 valence electrons. The number of ether oxygens (including phenoxy) is 2. The minimum Gasteiger partial charge on any atom is -0.493 e. The van der Waals surface area contributed by atoms with Gasteiger partial charge in [-0.2, -0.15) is 0 Å². The van der Waals surface area contributed by atoms with Crippen LogP contribution in [0.4, 0.5) is 8.78 Å². The van der Waals surface area contributed by atoms with Crippen LogP contribution in [0, 0.1) is 11.6 Å². The second-order valence-corrected chi connectivity index (χ2v) is 4.44. The molecule has 0 saturated heterocycles. The maximum atomic E-state index is 13.6. The molecule has 0 radical (unpaired) electrons. The lowest BCUT2D eigenvalue weighted by molar-refractivity contribution is 0.101. The Morgan fingerprint density at radius 1 is 1.19 bits per heavy atom. The molecular formula is C16H10F2O3. The quantitative estimate of drug-likeness (QED) is 0.792. The summed E-state index contributed by atoms with van der Waals surface area (Å²) in [5.74, 6) is -1.12. The van der Waals surface area contributed by atoms with Gasteiger partial charge >= 0.3 is 0 Å². The molecule has 0 bridgehead atoms. The number of carbonyl (C=O) groups excluding carboxylic acids is 1. The van der Waals surface area contributed by atoms with E-state index in [2.05, 4.69) is 0 Å². The third-order valence-corrected chi connectivity index (χ3v) is 3.13. The first-order valence-electron chi connectivity index (χ1n) is 6.16. The Kier molecular flexibility index (Phi) is 3.17. The van der Waals surface area contributed by atoms with Crippen molar-refractivity contribution in [2.24, 2.45) is 0 Å². The van der Waals surface area contributed by atoms with Gasteiger partial charge in [-0.05, 0) is 30.3 Å². The number of para-hydroxylation sites is 1. The molecule has 3 rings (SSSR count). The monoisotopic (exact) mass is 288 g/mol. The number of hydrogen-bond acceptors (Lipinski definition) is 3. The van der Waals surface area contributed by atoms with Gasteiger partial charge in [0, 0.05) is 11.6 Å². The smallest absolute Gasteiger partial charge is 0.232 e. The highest BCUT2D eigenvalue weighted by molar-refractivity contribution is 6.15. The van der Waals surface area contributed by atoms with Crippen LogP contribution < -0.4 is 9.47 Å². The van der Waals surface area contributed by atoms with Gasteiger partial charge in [0.05, 0.1) is 12.7 Å². The van der Waals surface area contributed by atoms with Crippen LogP contribution in [0.2, 0.25) is 0 Å². The van der Waals surface area contributed by atoms with Gasteiger partial charge in [0.15, 0.2) is 17.3 Å². The molecule has 0 saturated carbocycles. The van der Waals surface area contributed by atoms with E-state index in [1.165, 1.54) is 19.3 Å². The molecule has 0 aromatic heterocycles. The van der Waals surface area contributed by atoms with E-state index in [9.17, 15) is 13.6 Å². The Labute approximate surface area is 119 Å². The predicted molar refractivity (Wildman–Crippen MR) is 72.3 cm³/mol. The molecular weight excluding hydrogens is 278 g/mol. The van der Waals surface area contributed by atoms with Gasteiger partial charge in [0.2, 0.25) is 5.78 Å². The van der Waals surface area contributed by atoms with Crippen LogP contribution in [0.3, 0.4) is 0 Å². The molecule has 2 aromatic rings. The van der Waals surface area contributed by atoms with Crippen molar-refractivity contribution in [1.82, 2.24) is 0 Å². The molecule has 21 heavy (non-hydrogen) atoms. The third-order valence-electron chi connectivity index (χ3n) is 3.13. The van der Waals surface area contributed by atoms with Crippen molar-refractivity contribution in [1.29, 1.82) is 0 Å². The van der Waals surface area contributed by atoms with Gasteiger partial charge in [0.25, 0.3) is 0 Å². The van der Waals surface area contributed by atoms with Crippen molar-refractivity contribution >= 4 is 11.9 Å². The SMILES string of the molecule is COc1cccc2c1O/C(=C\c1ccc(F)cc1F)C2=O. The van der Waals surface area contributed by atoms with E-state index in [0.717, 1.165) is 12.1 Å². The maximum absolute atomic E-state index is 13.6. The second kappa shape index (κ2) is 5.01. The lowest BCUT2D eigenvalue weighted by Gasteiger charge is -2.04. The summed E-state index contributed by atoms with van der Waals surface area (Å²) in [6.45, 7) is 0. The average Bonchev–Trinajstić information content (AvgIpc) is 2.79. The zero-order chi connectivity index (χ0) is 15.0. The summed E-state index contributed by atoms with van der Waals surface area (Å²) in [6, 6.07) is 8.03. The van der Waals surface area contributed by atoms with Crippen molar-refractivity contribution in [3.8, 4) is 11.5 Å². The highest BCUT2D eigenvalue weighted by atomic mass is 19.1. The molecule has 0 spiro atoms. The summed E-state index contributed by atoms with van der Waals surface area (Å²) in [6.07, 6.45) is 1.25. The molecule has 0 fully saturated rings. The molecule has 3 nitrogen and oxygen atoms in total. The van der Waals surface area contributed by atoms with E-state index in [1.54, 1.807) is 18.2 Å². The summed E-state index contributed by atoms with van der Waals surface area (Å²) < 4.78 is 37.1. The fourth-order valence-electron chi connectivity index (χ4n) is 2.10. The van der Waals surface area contributed by atoms with Crippen LogP contribution >= 0.6 is 0 Å². The number of benzene rings is 2. The standard InChI is InChI=1S/C16H10F2O3/c1-20-13-4-2-3-11-15(19)14(21-16(11)13)7-9-5-6-10(17)8-12(9)18/h2-8H,1H3/b14-7-. The second-order valence-electron chi connectivity index (χ2n) is 4.44. The minimum absolute atomic E-state index is 0.0278. The Hall–Kier alpha value is -2.69. The molecule has 0 N–H and O–H groups in total. The van der Waals surface area contributed by atoms with E-state index in [1.807, 2.05) is 0 Å². The molecule has 1 heterocycles. The zero-order valence-electron chi connectivity index (χ0n) is 11.0. The van der Waals surface area contributed by atoms with Crippen LogP contribution in [-0.2, 0) is 0 Å². The van der Waals surface area contributed by atoms with Crippen molar-refractivity contribution in [3.05, 3.63) is 64.9 Å². The number of hydrogen-bond donors (Lipinski definition) is 0. The molecule has 0 unspecified atom stereocenters. The minimum atomic E-state index is -0.762. The Balaban J connectivity index is 2.03. The number of Topliss-reactive ketones (excluding diaryl/α,β-unsaturated/α-hetero) is 1. The molecule has 0 aliphatic carbocycles. The molecule has 1 aliphatic rings. The topological polar surface area (TPSA) is 35.5 Å². The number of ketones is 1. The van der Waals surface area contributed by atoms with Gasteiger partial charge in [0.1, 0.15) is 11.6 Å². The fraction of sp³-hybridized carbons (Fsp3) is 0.0625. The Morgan fingerprint density at radius 3 is 2.71 bits per heavy atom. The van der Waals surface area contributed by atoms with Crippen LogP contribution in [0.5, 0.6) is 11.5 Å². The normalized spacial score (nSPS) is 15.0. The van der Waals surface area contributed by atoms with E-state index in [4.69, 9.17) is 9.47 Å². The first-order chi connectivity index (χ1) is 10.1. The number of rotatable bonds is 2. The van der Waals surface area contributed by atoms with Crippen molar-refractivity contribution in [2.75, 3.05) is 7.11 Å². The van der Waals surface area contributed by atoms with Gasteiger partial charge in [-0.1, -0.05) is 6.07 Å². The number of allylic oxidation sites excluding steroid dienone is 1. The van der Waals surface area contributed by atoms with Crippen LogP contribution in [0.15, 0.2) is 42.2 Å². The maximum Gasteiger partial charge on any atom is 0.232 e. The summed E-state index contributed by atoms with van der Waals surface area (Å²) >= 11 is 0. The third kappa shape index (κ3) is 2.27. The Morgan fingerprint density at radius 2 is 2.00 bits per heavy atom. The molecule has 2 aromatic carbocycles. The molecule has 0 atom stereocenters. The van der Waals surface area contributed by atoms with Gasteiger partial charge in [-0.3, -0.25) is 4.79 Å². The van der Waals surface area contributed by atoms with E-state index < -0.39 is 11.6 Å². The van der Waals surface area contributed by atoms with Crippen molar-refractivity contribution in [2.45, 2.75) is 0 Å². The first kappa shape index (κ1) is 13.3. The van der Waals surface area contributed by atoms with E-state index in [0.29, 0.717) is 17.1 Å². The summed E-state index contributed by atoms with van der Waals surface area (Å²) in [5, 5.41) is 0. The number of fused-ring (bicyclic) bond motifs is 1. The van der Waals surface area contributed by atoms with E-state index in [-0.39, 0.29) is 17.1 Å². The average molecular weight is 288 g/mol. The van der Waals surface area contributed by atoms with Gasteiger partial charge in [-0.25, -0.2) is 8.78 Å². The van der Waals surface area contributed by atoms with Crippen LogP contribution in [0.25, 0.3) is 6.08 Å². The highest BCUT2D eigenvalue weighted by Gasteiger charge is 2.30. The number of carbonyl (C=O) groups is 1. The van der Waals surface area contributed by atoms with E-state index >= 15 is 0 Å². The van der Waals surface area contributed by atoms with Crippen LogP contribution in [-0.4, -0.2) is 12.9 Å². The lowest BCUT2D eigenvalue weighted by Crippen LogP contribution is -1.99. The molecule has 5 heteroatoms. The summed E-state index contributed by atoms with van der Waals surface area (Å²) in [7, 11) is 1.46. The molecule has 1 aliphatic heterocycles.